The van der Waals surface area contributed by atoms with Gasteiger partial charge in [0.05, 0.1) is 17.5 Å². The van der Waals surface area contributed by atoms with Gasteiger partial charge in [0, 0.05) is 0 Å². The fourth-order valence-electron chi connectivity index (χ4n) is 5.10. The van der Waals surface area contributed by atoms with E-state index in [1.807, 2.05) is 54.6 Å². The Kier molecular flexibility index (Phi) is 7.12. The van der Waals surface area contributed by atoms with Crippen molar-refractivity contribution in [3.05, 3.63) is 132 Å². The Labute approximate surface area is 221 Å². The molecule has 2 aliphatic heterocycles. The molecule has 6 nitrogen and oxygen atoms in total. The Morgan fingerprint density at radius 2 is 1.51 bits per heavy atom. The van der Waals surface area contributed by atoms with Crippen molar-refractivity contribution in [2.45, 2.75) is 17.6 Å². The minimum absolute atomic E-state index is 0.0193. The van der Waals surface area contributed by atoms with Crippen molar-refractivity contribution in [1.29, 1.82) is 0 Å². The van der Waals surface area contributed by atoms with E-state index in [1.54, 1.807) is 0 Å². The Balaban J connectivity index is 1.58. The van der Waals surface area contributed by atoms with E-state index in [-0.39, 0.29) is 36.5 Å². The number of esters is 1. The van der Waals surface area contributed by atoms with Crippen LogP contribution in [0.1, 0.15) is 16.7 Å². The van der Waals surface area contributed by atoms with Crippen LogP contribution in [0.2, 0.25) is 0 Å². The first kappa shape index (κ1) is 24.8. The SMILES string of the molecule is C=CCOC(=O)C1=C(CCl)OCC2C(NC(c3ccccc3)(c3ccccc3)c3ccccc3)C(=O)N12. The molecule has 1 fully saturated rings. The molecule has 0 saturated carbocycles. The van der Waals surface area contributed by atoms with Crippen LogP contribution in [-0.2, 0) is 24.6 Å². The monoisotopic (exact) mass is 514 g/mol. The molecule has 1 N–H and O–H groups in total. The molecule has 188 valence electrons. The average Bonchev–Trinajstić information content (AvgIpc) is 2.97. The van der Waals surface area contributed by atoms with E-state index in [9.17, 15) is 9.59 Å². The normalized spacial score (nSPS) is 18.9. The smallest absolute Gasteiger partial charge is 0.358 e. The van der Waals surface area contributed by atoms with E-state index in [1.165, 1.54) is 11.0 Å². The molecule has 2 unspecified atom stereocenters. The van der Waals surface area contributed by atoms with Crippen LogP contribution in [0.5, 0.6) is 0 Å². The number of nitrogens with one attached hydrogen (secondary N) is 1. The van der Waals surface area contributed by atoms with Crippen LogP contribution in [0.15, 0.2) is 115 Å². The summed E-state index contributed by atoms with van der Waals surface area (Å²) in [5.74, 6) is -0.713. The van der Waals surface area contributed by atoms with Crippen molar-refractivity contribution < 1.29 is 19.1 Å². The van der Waals surface area contributed by atoms with Crippen molar-refractivity contribution in [1.82, 2.24) is 10.2 Å². The lowest BCUT2D eigenvalue weighted by atomic mass is 9.75. The van der Waals surface area contributed by atoms with Gasteiger partial charge in [-0.05, 0) is 16.7 Å². The van der Waals surface area contributed by atoms with Crippen LogP contribution < -0.4 is 5.32 Å². The summed E-state index contributed by atoms with van der Waals surface area (Å²) >= 11 is 6.06. The van der Waals surface area contributed by atoms with Gasteiger partial charge in [0.1, 0.15) is 25.0 Å². The van der Waals surface area contributed by atoms with Crippen molar-refractivity contribution >= 4 is 23.5 Å². The van der Waals surface area contributed by atoms with Crippen molar-refractivity contribution in [2.24, 2.45) is 0 Å². The number of rotatable bonds is 9. The van der Waals surface area contributed by atoms with E-state index in [0.717, 1.165) is 16.7 Å². The van der Waals surface area contributed by atoms with Crippen LogP contribution in [0, 0.1) is 0 Å². The first-order valence-electron chi connectivity index (χ1n) is 12.1. The van der Waals surface area contributed by atoms with Gasteiger partial charge in [-0.15, -0.1) is 11.6 Å². The molecule has 0 aromatic heterocycles. The number of amides is 1. The molecule has 0 radical (unpaired) electrons. The molecule has 2 atom stereocenters. The topological polar surface area (TPSA) is 67.9 Å². The Morgan fingerprint density at radius 1 is 1.00 bits per heavy atom. The number of allylic oxidation sites excluding steroid dienone is 1. The summed E-state index contributed by atoms with van der Waals surface area (Å²) in [6.07, 6.45) is 1.47. The van der Waals surface area contributed by atoms with Gasteiger partial charge < -0.3 is 9.47 Å². The fraction of sp³-hybridized carbons (Fsp3) is 0.200. The number of fused-ring (bicyclic) bond motifs is 1. The molecule has 37 heavy (non-hydrogen) atoms. The highest BCUT2D eigenvalue weighted by Gasteiger charge is 2.57. The summed E-state index contributed by atoms with van der Waals surface area (Å²) < 4.78 is 11.1. The van der Waals surface area contributed by atoms with Gasteiger partial charge in [-0.25, -0.2) is 4.79 Å². The van der Waals surface area contributed by atoms with Gasteiger partial charge in [-0.2, -0.15) is 0 Å². The number of alkyl halides is 1. The number of carbonyl (C=O) groups is 2. The highest BCUT2D eigenvalue weighted by atomic mass is 35.5. The maximum Gasteiger partial charge on any atom is 0.358 e. The summed E-state index contributed by atoms with van der Waals surface area (Å²) in [7, 11) is 0. The number of hydrogen-bond donors (Lipinski definition) is 1. The molecule has 2 heterocycles. The second-order valence-corrected chi connectivity index (χ2v) is 9.12. The summed E-state index contributed by atoms with van der Waals surface area (Å²) in [6.45, 7) is 3.80. The maximum atomic E-state index is 13.7. The molecule has 3 aromatic carbocycles. The lowest BCUT2D eigenvalue weighted by molar-refractivity contribution is -0.161. The largest absolute Gasteiger partial charge is 0.492 e. The minimum atomic E-state index is -0.837. The molecule has 0 spiro atoms. The number of hydrogen-bond acceptors (Lipinski definition) is 5. The Morgan fingerprint density at radius 3 is 1.97 bits per heavy atom. The third kappa shape index (κ3) is 4.32. The van der Waals surface area contributed by atoms with Gasteiger partial charge >= 0.3 is 5.97 Å². The van der Waals surface area contributed by atoms with Crippen LogP contribution in [0.25, 0.3) is 0 Å². The van der Waals surface area contributed by atoms with Gasteiger partial charge in [0.15, 0.2) is 5.70 Å². The fourth-order valence-corrected chi connectivity index (χ4v) is 5.31. The lowest BCUT2D eigenvalue weighted by Gasteiger charge is -2.53. The molecule has 0 bridgehead atoms. The quantitative estimate of drug-likeness (QED) is 0.151. The van der Waals surface area contributed by atoms with E-state index in [0.29, 0.717) is 0 Å². The van der Waals surface area contributed by atoms with Crippen molar-refractivity contribution in [3.8, 4) is 0 Å². The van der Waals surface area contributed by atoms with E-state index >= 15 is 0 Å². The molecular formula is C30H27ClN2O4. The van der Waals surface area contributed by atoms with Crippen LogP contribution >= 0.6 is 11.6 Å². The summed E-state index contributed by atoms with van der Waals surface area (Å²) in [5, 5.41) is 3.71. The Bertz CT molecular complexity index is 1210. The van der Waals surface area contributed by atoms with Gasteiger partial charge in [-0.3, -0.25) is 15.0 Å². The van der Waals surface area contributed by atoms with E-state index in [4.69, 9.17) is 21.1 Å². The van der Waals surface area contributed by atoms with Crippen LogP contribution in [0.3, 0.4) is 0 Å². The number of carbonyl (C=O) groups excluding carboxylic acids is 2. The van der Waals surface area contributed by atoms with Crippen molar-refractivity contribution in [3.63, 3.8) is 0 Å². The van der Waals surface area contributed by atoms with Gasteiger partial charge in [0.25, 0.3) is 0 Å². The van der Waals surface area contributed by atoms with Gasteiger partial charge in [0.2, 0.25) is 5.91 Å². The zero-order chi connectivity index (χ0) is 25.8. The van der Waals surface area contributed by atoms with Gasteiger partial charge in [-0.1, -0.05) is 104 Å². The van der Waals surface area contributed by atoms with Crippen LogP contribution in [-0.4, -0.2) is 48.0 Å². The molecule has 1 amide bonds. The zero-order valence-corrected chi connectivity index (χ0v) is 20.9. The molecular weight excluding hydrogens is 488 g/mol. The highest BCUT2D eigenvalue weighted by molar-refractivity contribution is 6.19. The number of halogens is 1. The maximum absolute atomic E-state index is 13.7. The predicted octanol–water partition coefficient (Wildman–Crippen LogP) is 4.36. The second kappa shape index (κ2) is 10.6. The van der Waals surface area contributed by atoms with E-state index < -0.39 is 23.6 Å². The van der Waals surface area contributed by atoms with Crippen molar-refractivity contribution in [2.75, 3.05) is 19.1 Å². The molecule has 1 saturated heterocycles. The molecule has 0 aliphatic carbocycles. The number of ether oxygens (including phenoxy) is 2. The predicted molar refractivity (Wildman–Crippen MR) is 142 cm³/mol. The third-order valence-corrected chi connectivity index (χ3v) is 7.04. The zero-order valence-electron chi connectivity index (χ0n) is 20.2. The molecule has 2 aliphatic rings. The summed E-state index contributed by atoms with van der Waals surface area (Å²) in [6, 6.07) is 29.1. The molecule has 3 aromatic rings. The third-order valence-electron chi connectivity index (χ3n) is 6.79. The summed E-state index contributed by atoms with van der Waals surface area (Å²) in [5.41, 5.74) is 2.17. The standard InChI is InChI=1S/C30H27ClN2O4/c1-2-18-36-29(35)27-25(19-31)37-20-24-26(28(34)33(24)27)32-30(21-12-6-3-7-13-21,22-14-8-4-9-15-22)23-16-10-5-11-17-23/h2-17,24,26,32H,1,18-20H2. The highest BCUT2D eigenvalue weighted by Crippen LogP contribution is 2.41. The van der Waals surface area contributed by atoms with E-state index in [2.05, 4.69) is 48.3 Å². The number of nitrogens with zero attached hydrogens (tertiary/aromatic N) is 1. The summed E-state index contributed by atoms with van der Waals surface area (Å²) in [4.78, 5) is 28.0. The minimum Gasteiger partial charge on any atom is -0.492 e. The first-order chi connectivity index (χ1) is 18.1. The van der Waals surface area contributed by atoms with Crippen LogP contribution in [0.4, 0.5) is 0 Å². The number of β-lactam (4-membered cyclic amide) rings is 1. The lowest BCUT2D eigenvalue weighted by Crippen LogP contribution is -2.75. The average molecular weight is 515 g/mol. The first-order valence-corrected chi connectivity index (χ1v) is 12.6. The number of benzene rings is 3. The molecule has 5 rings (SSSR count). The molecule has 7 heteroatoms. The second-order valence-electron chi connectivity index (χ2n) is 8.85. The Hall–Kier alpha value is -3.87.